The van der Waals surface area contributed by atoms with Crippen LogP contribution in [0.4, 0.5) is 14.5 Å². The van der Waals surface area contributed by atoms with Gasteiger partial charge in [-0.3, -0.25) is 0 Å². The van der Waals surface area contributed by atoms with E-state index in [4.69, 9.17) is 15.2 Å². The molecule has 0 bridgehead atoms. The van der Waals surface area contributed by atoms with Crippen molar-refractivity contribution in [2.24, 2.45) is 0 Å². The second-order valence-electron chi connectivity index (χ2n) is 8.43. The molecule has 0 fully saturated rings. The molecule has 1 aliphatic heterocycles. The molecular weight excluding hydrogens is 518 g/mol. The van der Waals surface area contributed by atoms with E-state index in [1.54, 1.807) is 25.1 Å². The smallest absolute Gasteiger partial charge is 0.338 e. The van der Waals surface area contributed by atoms with Crippen LogP contribution in [0.2, 0.25) is 0 Å². The number of carbonyl (C=O) groups excluding carboxylic acids is 1. The van der Waals surface area contributed by atoms with E-state index in [9.17, 15) is 13.6 Å². The third-order valence-corrected chi connectivity index (χ3v) is 6.77. The van der Waals surface area contributed by atoms with E-state index in [2.05, 4.69) is 15.9 Å². The Bertz CT molecular complexity index is 1530. The van der Waals surface area contributed by atoms with Crippen molar-refractivity contribution < 1.29 is 23.0 Å². The number of benzene rings is 3. The van der Waals surface area contributed by atoms with Gasteiger partial charge in [0.1, 0.15) is 24.0 Å². The van der Waals surface area contributed by atoms with E-state index in [-0.39, 0.29) is 6.61 Å². The van der Waals surface area contributed by atoms with Gasteiger partial charge < -0.3 is 19.8 Å². The number of aromatic nitrogens is 1. The van der Waals surface area contributed by atoms with Crippen LogP contribution < -0.4 is 10.5 Å². The Labute approximate surface area is 209 Å². The molecule has 8 heteroatoms. The molecule has 35 heavy (non-hydrogen) atoms. The monoisotopic (exact) mass is 538 g/mol. The second-order valence-corrected chi connectivity index (χ2v) is 9.34. The summed E-state index contributed by atoms with van der Waals surface area (Å²) in [4.78, 5) is 12.4. The van der Waals surface area contributed by atoms with Crippen LogP contribution in [0.3, 0.4) is 0 Å². The molecule has 178 valence electrons. The number of nitrogens with zero attached hydrogens (tertiary/aromatic N) is 1. The van der Waals surface area contributed by atoms with E-state index >= 15 is 0 Å². The van der Waals surface area contributed by atoms with E-state index in [1.165, 1.54) is 13.2 Å². The topological polar surface area (TPSA) is 66.5 Å². The minimum Gasteiger partial charge on any atom is -0.487 e. The fourth-order valence-electron chi connectivity index (χ4n) is 4.54. The first-order valence-corrected chi connectivity index (χ1v) is 11.6. The lowest BCUT2D eigenvalue weighted by Gasteiger charge is -2.25. The molecule has 0 amide bonds. The maximum atomic E-state index is 14.5. The molecule has 2 N–H and O–H groups in total. The third kappa shape index (κ3) is 3.78. The van der Waals surface area contributed by atoms with Gasteiger partial charge in [0, 0.05) is 44.3 Å². The van der Waals surface area contributed by atoms with Gasteiger partial charge in [-0.25, -0.2) is 13.6 Å². The minimum absolute atomic E-state index is 0.0211. The fourth-order valence-corrected chi connectivity index (χ4v) is 5.00. The number of anilines is 1. The SMILES string of the molecule is COC(=O)c1cc(-n2c(C)ccc2-c2cc(Br)cc3c2OCc2c(F)cc(F)cc2-3)cc(N)c1C. The van der Waals surface area contributed by atoms with Gasteiger partial charge in [-0.15, -0.1) is 0 Å². The summed E-state index contributed by atoms with van der Waals surface area (Å²) in [6.07, 6.45) is 0. The number of ether oxygens (including phenoxy) is 2. The molecule has 0 saturated carbocycles. The second kappa shape index (κ2) is 8.53. The highest BCUT2D eigenvalue weighted by molar-refractivity contribution is 9.10. The molecular formula is C27H21BrF2N2O3. The largest absolute Gasteiger partial charge is 0.487 e. The van der Waals surface area contributed by atoms with Crippen molar-refractivity contribution in [1.82, 2.24) is 4.57 Å². The van der Waals surface area contributed by atoms with Crippen molar-refractivity contribution in [3.63, 3.8) is 0 Å². The molecule has 3 aromatic carbocycles. The molecule has 0 unspecified atom stereocenters. The molecule has 1 aromatic heterocycles. The number of carbonyl (C=O) groups is 1. The number of esters is 1. The normalized spacial score (nSPS) is 12.1. The van der Waals surface area contributed by atoms with Crippen LogP contribution in [0.1, 0.15) is 27.2 Å². The Balaban J connectivity index is 1.75. The lowest BCUT2D eigenvalue weighted by molar-refractivity contribution is 0.0600. The van der Waals surface area contributed by atoms with Crippen molar-refractivity contribution in [1.29, 1.82) is 0 Å². The number of nitrogens with two attached hydrogens (primary N) is 1. The Hall–Kier alpha value is -3.65. The van der Waals surface area contributed by atoms with Crippen molar-refractivity contribution in [3.8, 4) is 33.8 Å². The average Bonchev–Trinajstić information content (AvgIpc) is 3.20. The Morgan fingerprint density at radius 1 is 1.06 bits per heavy atom. The van der Waals surface area contributed by atoms with Crippen LogP contribution in [-0.4, -0.2) is 17.6 Å². The van der Waals surface area contributed by atoms with Crippen LogP contribution in [0, 0.1) is 25.5 Å². The molecule has 4 aromatic rings. The summed E-state index contributed by atoms with van der Waals surface area (Å²) < 4.78 is 42.2. The van der Waals surface area contributed by atoms with Crippen molar-refractivity contribution in [2.45, 2.75) is 20.5 Å². The average molecular weight is 539 g/mol. The quantitative estimate of drug-likeness (QED) is 0.232. The van der Waals surface area contributed by atoms with E-state index in [0.29, 0.717) is 44.9 Å². The zero-order valence-electron chi connectivity index (χ0n) is 19.2. The Kier molecular flexibility index (Phi) is 5.63. The number of fused-ring (bicyclic) bond motifs is 3. The van der Waals surface area contributed by atoms with Crippen LogP contribution in [0.25, 0.3) is 28.1 Å². The van der Waals surface area contributed by atoms with Gasteiger partial charge in [0.2, 0.25) is 0 Å². The maximum Gasteiger partial charge on any atom is 0.338 e. The molecule has 0 aliphatic carbocycles. The summed E-state index contributed by atoms with van der Waals surface area (Å²) in [5.74, 6) is -1.26. The number of methoxy groups -OCH3 is 1. The molecule has 5 nitrogen and oxygen atoms in total. The Morgan fingerprint density at radius 3 is 2.54 bits per heavy atom. The number of halogens is 3. The minimum atomic E-state index is -0.652. The molecule has 1 aliphatic rings. The molecule has 0 spiro atoms. The van der Waals surface area contributed by atoms with Gasteiger partial charge in [0.05, 0.1) is 18.4 Å². The predicted octanol–water partition coefficient (Wildman–Crippen LogP) is 6.73. The number of nitrogen functional groups attached to an aromatic ring is 1. The lowest BCUT2D eigenvalue weighted by atomic mass is 9.93. The predicted molar refractivity (Wildman–Crippen MR) is 134 cm³/mol. The first-order chi connectivity index (χ1) is 16.7. The fraction of sp³-hybridized carbons (Fsp3) is 0.148. The number of rotatable bonds is 3. The first-order valence-electron chi connectivity index (χ1n) is 10.8. The number of hydrogen-bond donors (Lipinski definition) is 1. The summed E-state index contributed by atoms with van der Waals surface area (Å²) in [6, 6.07) is 13.3. The Morgan fingerprint density at radius 2 is 1.80 bits per heavy atom. The molecule has 0 saturated heterocycles. The molecule has 0 radical (unpaired) electrons. The molecule has 5 rings (SSSR count). The van der Waals surface area contributed by atoms with Gasteiger partial charge >= 0.3 is 5.97 Å². The van der Waals surface area contributed by atoms with Gasteiger partial charge in [-0.2, -0.15) is 0 Å². The van der Waals surface area contributed by atoms with Gasteiger partial charge in [-0.1, -0.05) is 15.9 Å². The van der Waals surface area contributed by atoms with E-state index in [0.717, 1.165) is 27.5 Å². The van der Waals surface area contributed by atoms with E-state index in [1.807, 2.05) is 29.7 Å². The lowest BCUT2D eigenvalue weighted by Crippen LogP contribution is -2.11. The molecule has 0 atom stereocenters. The van der Waals surface area contributed by atoms with Gasteiger partial charge in [-0.05, 0) is 67.4 Å². The zero-order valence-corrected chi connectivity index (χ0v) is 20.8. The summed E-state index contributed by atoms with van der Waals surface area (Å²) in [7, 11) is 1.33. The van der Waals surface area contributed by atoms with Crippen LogP contribution in [-0.2, 0) is 11.3 Å². The van der Waals surface area contributed by atoms with Crippen LogP contribution in [0.15, 0.2) is 53.0 Å². The van der Waals surface area contributed by atoms with Gasteiger partial charge in [0.25, 0.3) is 0 Å². The summed E-state index contributed by atoms with van der Waals surface area (Å²) >= 11 is 3.54. The highest BCUT2D eigenvalue weighted by atomic mass is 79.9. The number of aryl methyl sites for hydroxylation is 1. The summed E-state index contributed by atoms with van der Waals surface area (Å²) in [5, 5.41) is 0. The van der Waals surface area contributed by atoms with Crippen molar-refractivity contribution in [2.75, 3.05) is 12.8 Å². The summed E-state index contributed by atoms with van der Waals surface area (Å²) in [6.45, 7) is 3.68. The van der Waals surface area contributed by atoms with Gasteiger partial charge in [0.15, 0.2) is 0 Å². The third-order valence-electron chi connectivity index (χ3n) is 6.31. The summed E-state index contributed by atoms with van der Waals surface area (Å²) in [5.41, 5.74) is 12.1. The maximum absolute atomic E-state index is 14.5. The van der Waals surface area contributed by atoms with Crippen molar-refractivity contribution >= 4 is 27.6 Å². The number of hydrogen-bond acceptors (Lipinski definition) is 4. The standard InChI is InChI=1S/C27H21BrF2N2O3/c1-13-4-5-25(32(13)17-10-18(27(33)34-3)14(2)24(31)11-17)21-7-15(28)6-20-19-8-16(29)9-23(30)22(19)12-35-26(20)21/h4-11H,12,31H2,1-3H3. The van der Waals surface area contributed by atoms with Crippen LogP contribution in [0.5, 0.6) is 5.75 Å². The first kappa shape index (κ1) is 23.1. The zero-order chi connectivity index (χ0) is 25.0. The van der Waals surface area contributed by atoms with Crippen LogP contribution >= 0.6 is 15.9 Å². The molecule has 2 heterocycles. The van der Waals surface area contributed by atoms with Crippen molar-refractivity contribution in [3.05, 3.63) is 87.0 Å². The highest BCUT2D eigenvalue weighted by Crippen LogP contribution is 2.47. The highest BCUT2D eigenvalue weighted by Gasteiger charge is 2.27. The van der Waals surface area contributed by atoms with E-state index < -0.39 is 17.6 Å².